The van der Waals surface area contributed by atoms with Gasteiger partial charge in [-0.05, 0) is 47.1 Å². The van der Waals surface area contributed by atoms with Gasteiger partial charge in [-0.25, -0.2) is 8.42 Å². The van der Waals surface area contributed by atoms with Crippen LogP contribution in [-0.2, 0) is 10.0 Å². The molecule has 0 saturated carbocycles. The minimum absolute atomic E-state index is 0.0751. The van der Waals surface area contributed by atoms with Gasteiger partial charge in [0.2, 0.25) is 0 Å². The van der Waals surface area contributed by atoms with Crippen molar-refractivity contribution in [3.05, 3.63) is 52.0 Å². The summed E-state index contributed by atoms with van der Waals surface area (Å²) in [6, 6.07) is 11.4. The van der Waals surface area contributed by atoms with Gasteiger partial charge < -0.3 is 9.84 Å². The van der Waals surface area contributed by atoms with Gasteiger partial charge in [0.1, 0.15) is 4.90 Å². The van der Waals surface area contributed by atoms with Gasteiger partial charge in [0.05, 0.1) is 29.9 Å². The molecule has 0 aromatic heterocycles. The van der Waals surface area contributed by atoms with Crippen LogP contribution in [0.4, 0.5) is 5.69 Å². The molecule has 2 aromatic rings. The monoisotopic (exact) mass is 433 g/mol. The number of aliphatic hydroxyl groups is 1. The van der Waals surface area contributed by atoms with Crippen LogP contribution in [0.2, 0.25) is 5.02 Å². The topological polar surface area (TPSA) is 66.8 Å². The Balaban J connectivity index is 2.65. The number of para-hydroxylation sites is 1. The standard InChI is InChI=1S/C16H17BrClNO4S/c1-11(20)10-19(13-6-4-3-5-7-13)24(21,22)15-9-12(18)8-14(17)16(15)23-2/h3-9,11,20H,10H2,1-2H3. The SMILES string of the molecule is COc1c(Br)cc(Cl)cc1S(=O)(=O)N(CC(C)O)c1ccccc1. The van der Waals surface area contributed by atoms with Crippen LogP contribution in [-0.4, -0.2) is 33.3 Å². The largest absolute Gasteiger partial charge is 0.494 e. The smallest absolute Gasteiger partial charge is 0.268 e. The first-order valence-electron chi connectivity index (χ1n) is 7.06. The van der Waals surface area contributed by atoms with Crippen molar-refractivity contribution in [2.75, 3.05) is 18.0 Å². The lowest BCUT2D eigenvalue weighted by molar-refractivity contribution is 0.204. The molecule has 2 rings (SSSR count). The number of methoxy groups -OCH3 is 1. The highest BCUT2D eigenvalue weighted by molar-refractivity contribution is 9.10. The number of anilines is 1. The van der Waals surface area contributed by atoms with E-state index in [2.05, 4.69) is 15.9 Å². The third-order valence-corrected chi connectivity index (χ3v) is 5.83. The molecule has 0 saturated heterocycles. The van der Waals surface area contributed by atoms with Crippen LogP contribution in [0.3, 0.4) is 0 Å². The van der Waals surface area contributed by atoms with E-state index < -0.39 is 16.1 Å². The molecule has 0 aliphatic heterocycles. The third kappa shape index (κ3) is 4.03. The lowest BCUT2D eigenvalue weighted by atomic mass is 10.3. The van der Waals surface area contributed by atoms with Crippen molar-refractivity contribution in [2.24, 2.45) is 0 Å². The van der Waals surface area contributed by atoms with Gasteiger partial charge >= 0.3 is 0 Å². The number of halogens is 2. The van der Waals surface area contributed by atoms with Gasteiger partial charge in [-0.3, -0.25) is 4.31 Å². The number of benzene rings is 2. The lowest BCUT2D eigenvalue weighted by Crippen LogP contribution is -2.36. The summed E-state index contributed by atoms with van der Waals surface area (Å²) in [5, 5.41) is 10.0. The predicted octanol–water partition coefficient (Wildman–Crippen LogP) is 3.69. The lowest BCUT2D eigenvalue weighted by Gasteiger charge is -2.26. The summed E-state index contributed by atoms with van der Waals surface area (Å²) < 4.78 is 33.2. The molecule has 5 nitrogen and oxygen atoms in total. The molecule has 0 spiro atoms. The first-order chi connectivity index (χ1) is 11.3. The normalized spacial score (nSPS) is 12.7. The highest BCUT2D eigenvalue weighted by atomic mass is 79.9. The van der Waals surface area contributed by atoms with E-state index in [1.54, 1.807) is 36.4 Å². The quantitative estimate of drug-likeness (QED) is 0.753. The van der Waals surface area contributed by atoms with E-state index in [1.165, 1.54) is 20.1 Å². The van der Waals surface area contributed by atoms with E-state index in [9.17, 15) is 13.5 Å². The van der Waals surface area contributed by atoms with Crippen molar-refractivity contribution in [2.45, 2.75) is 17.9 Å². The van der Waals surface area contributed by atoms with Crippen molar-refractivity contribution >= 4 is 43.2 Å². The van der Waals surface area contributed by atoms with E-state index in [4.69, 9.17) is 16.3 Å². The molecular formula is C16H17BrClNO4S. The summed E-state index contributed by atoms with van der Waals surface area (Å²) in [6.07, 6.45) is -0.853. The molecule has 2 aromatic carbocycles. The van der Waals surface area contributed by atoms with Crippen LogP contribution >= 0.6 is 27.5 Å². The van der Waals surface area contributed by atoms with Gasteiger partial charge in [0, 0.05) is 5.02 Å². The van der Waals surface area contributed by atoms with Crippen molar-refractivity contribution < 1.29 is 18.3 Å². The summed E-state index contributed by atoms with van der Waals surface area (Å²) >= 11 is 9.29. The van der Waals surface area contributed by atoms with Crippen LogP contribution in [0.25, 0.3) is 0 Å². The Hall–Kier alpha value is -1.28. The Morgan fingerprint density at radius 1 is 1.29 bits per heavy atom. The average Bonchev–Trinajstić information content (AvgIpc) is 2.52. The molecule has 0 heterocycles. The summed E-state index contributed by atoms with van der Waals surface area (Å²) in [6.45, 7) is 1.43. The molecule has 1 N–H and O–H groups in total. The zero-order chi connectivity index (χ0) is 17.9. The summed E-state index contributed by atoms with van der Waals surface area (Å²) in [4.78, 5) is -0.0751. The molecule has 0 amide bonds. The Kier molecular flexibility index (Phi) is 6.14. The van der Waals surface area contributed by atoms with Gasteiger partial charge in [-0.2, -0.15) is 0 Å². The first-order valence-corrected chi connectivity index (χ1v) is 9.67. The maximum absolute atomic E-state index is 13.2. The number of nitrogens with zero attached hydrogens (tertiary/aromatic N) is 1. The number of ether oxygens (including phenoxy) is 1. The van der Waals surface area contributed by atoms with Crippen molar-refractivity contribution in [3.63, 3.8) is 0 Å². The zero-order valence-corrected chi connectivity index (χ0v) is 16.3. The van der Waals surface area contributed by atoms with E-state index in [-0.39, 0.29) is 22.2 Å². The Morgan fingerprint density at radius 2 is 1.92 bits per heavy atom. The van der Waals surface area contributed by atoms with Crippen LogP contribution in [0.15, 0.2) is 51.8 Å². The van der Waals surface area contributed by atoms with Gasteiger partial charge in [-0.1, -0.05) is 29.8 Å². The Labute approximate surface area is 155 Å². The second-order valence-corrected chi connectivity index (χ2v) is 8.26. The zero-order valence-electron chi connectivity index (χ0n) is 13.1. The molecule has 0 fully saturated rings. The Morgan fingerprint density at radius 3 is 2.46 bits per heavy atom. The third-order valence-electron chi connectivity index (χ3n) is 3.22. The van der Waals surface area contributed by atoms with E-state index in [1.807, 2.05) is 0 Å². The van der Waals surface area contributed by atoms with E-state index >= 15 is 0 Å². The second-order valence-electron chi connectivity index (χ2n) is 5.14. The van der Waals surface area contributed by atoms with Crippen molar-refractivity contribution in [1.82, 2.24) is 0 Å². The molecule has 1 unspecified atom stereocenters. The maximum atomic E-state index is 13.2. The first kappa shape index (κ1) is 19.1. The molecule has 0 bridgehead atoms. The minimum Gasteiger partial charge on any atom is -0.494 e. The predicted molar refractivity (Wildman–Crippen MR) is 98.4 cm³/mol. The highest BCUT2D eigenvalue weighted by Gasteiger charge is 2.30. The minimum atomic E-state index is -4.00. The number of hydrogen-bond donors (Lipinski definition) is 1. The Bertz CT molecular complexity index is 812. The van der Waals surface area contributed by atoms with Crippen LogP contribution in [0, 0.1) is 0 Å². The van der Waals surface area contributed by atoms with Gasteiger partial charge in [-0.15, -0.1) is 0 Å². The fraction of sp³-hybridized carbons (Fsp3) is 0.250. The molecule has 24 heavy (non-hydrogen) atoms. The van der Waals surface area contributed by atoms with E-state index in [0.29, 0.717) is 10.2 Å². The maximum Gasteiger partial charge on any atom is 0.268 e. The van der Waals surface area contributed by atoms with Gasteiger partial charge in [0.25, 0.3) is 10.0 Å². The van der Waals surface area contributed by atoms with Crippen LogP contribution in [0.5, 0.6) is 5.75 Å². The fourth-order valence-corrected chi connectivity index (χ4v) is 5.14. The highest BCUT2D eigenvalue weighted by Crippen LogP contribution is 2.38. The number of hydrogen-bond acceptors (Lipinski definition) is 4. The van der Waals surface area contributed by atoms with Crippen LogP contribution < -0.4 is 9.04 Å². The molecule has 130 valence electrons. The average molecular weight is 435 g/mol. The molecule has 1 atom stereocenters. The fourth-order valence-electron chi connectivity index (χ4n) is 2.22. The molecular weight excluding hydrogens is 418 g/mol. The van der Waals surface area contributed by atoms with E-state index in [0.717, 1.165) is 4.31 Å². The van der Waals surface area contributed by atoms with Gasteiger partial charge in [0.15, 0.2) is 5.75 Å². The van der Waals surface area contributed by atoms with Crippen molar-refractivity contribution in [1.29, 1.82) is 0 Å². The number of sulfonamides is 1. The summed E-state index contributed by atoms with van der Waals surface area (Å²) in [5.74, 6) is 0.158. The summed E-state index contributed by atoms with van der Waals surface area (Å²) in [7, 11) is -2.62. The molecule has 0 radical (unpaired) electrons. The van der Waals surface area contributed by atoms with Crippen molar-refractivity contribution in [3.8, 4) is 5.75 Å². The second kappa shape index (κ2) is 7.74. The van der Waals surface area contributed by atoms with Crippen LogP contribution in [0.1, 0.15) is 6.92 Å². The number of aliphatic hydroxyl groups excluding tert-OH is 1. The molecule has 0 aliphatic rings. The summed E-state index contributed by atoms with van der Waals surface area (Å²) in [5.41, 5.74) is 0.441. The number of rotatable bonds is 6. The molecule has 0 aliphatic carbocycles. The molecule has 8 heteroatoms.